The van der Waals surface area contributed by atoms with Gasteiger partial charge in [0.2, 0.25) is 0 Å². The molecule has 0 aromatic heterocycles. The first kappa shape index (κ1) is 23.3. The van der Waals surface area contributed by atoms with Crippen LogP contribution in [0, 0.1) is 27.7 Å². The fourth-order valence-corrected chi connectivity index (χ4v) is 4.65. The Morgan fingerprint density at radius 3 is 2.26 bits per heavy atom. The number of hydrogen-bond acceptors (Lipinski definition) is 5. The van der Waals surface area contributed by atoms with E-state index in [4.69, 9.17) is 4.74 Å². The molecular formula is C25H27NO3S2. The first-order valence-electron chi connectivity index (χ1n) is 10.1. The smallest absolute Gasteiger partial charge is 0.336 e. The third-order valence-corrected chi connectivity index (χ3v) is 6.91. The van der Waals surface area contributed by atoms with Gasteiger partial charge in [-0.2, -0.15) is 0 Å². The van der Waals surface area contributed by atoms with Crippen LogP contribution in [0.25, 0.3) is 0 Å². The quantitative estimate of drug-likeness (QED) is 0.211. The molecule has 0 fully saturated rings. The minimum atomic E-state index is -0.886. The molecule has 0 radical (unpaired) electrons. The maximum absolute atomic E-state index is 11.4. The van der Waals surface area contributed by atoms with E-state index >= 15 is 0 Å². The molecule has 4 nitrogen and oxygen atoms in total. The van der Waals surface area contributed by atoms with Gasteiger partial charge in [-0.3, -0.25) is 4.72 Å². The van der Waals surface area contributed by atoms with Gasteiger partial charge in [-0.25, -0.2) is 4.79 Å². The molecule has 0 heterocycles. The zero-order valence-corrected chi connectivity index (χ0v) is 19.8. The molecule has 0 spiro atoms. The monoisotopic (exact) mass is 453 g/mol. The van der Waals surface area contributed by atoms with Gasteiger partial charge in [-0.1, -0.05) is 6.07 Å². The fraction of sp³-hybridized carbons (Fsp3) is 0.240. The Balaban J connectivity index is 1.45. The summed E-state index contributed by atoms with van der Waals surface area (Å²) in [5, 5.41) is 9.33. The number of thioether (sulfide) groups is 1. The lowest BCUT2D eigenvalue weighted by atomic mass is 10.0. The second-order valence-electron chi connectivity index (χ2n) is 7.38. The number of rotatable bonds is 9. The third-order valence-electron chi connectivity index (χ3n) is 5.07. The Bertz CT molecular complexity index is 1070. The summed E-state index contributed by atoms with van der Waals surface area (Å²) >= 11 is 3.23. The highest BCUT2D eigenvalue weighted by atomic mass is 32.2. The van der Waals surface area contributed by atoms with Crippen LogP contribution in [-0.4, -0.2) is 23.4 Å². The van der Waals surface area contributed by atoms with Crippen LogP contribution in [0.3, 0.4) is 0 Å². The fourth-order valence-electron chi connectivity index (χ4n) is 2.97. The average molecular weight is 454 g/mol. The van der Waals surface area contributed by atoms with Crippen molar-refractivity contribution < 1.29 is 14.6 Å². The van der Waals surface area contributed by atoms with Crippen LogP contribution in [0.2, 0.25) is 0 Å². The summed E-state index contributed by atoms with van der Waals surface area (Å²) < 4.78 is 9.26. The first-order chi connectivity index (χ1) is 14.8. The van der Waals surface area contributed by atoms with Crippen LogP contribution < -0.4 is 9.46 Å². The van der Waals surface area contributed by atoms with Crippen molar-refractivity contribution in [3.05, 3.63) is 82.4 Å². The molecule has 0 bridgehead atoms. The number of carbonyl (C=O) groups is 1. The Kier molecular flexibility index (Phi) is 8.07. The second kappa shape index (κ2) is 10.8. The first-order valence-corrected chi connectivity index (χ1v) is 11.9. The molecule has 3 rings (SSSR count). The van der Waals surface area contributed by atoms with Crippen molar-refractivity contribution in [2.75, 3.05) is 12.3 Å². The standard InChI is InChI=1S/C25H27NO3S2/c1-16-5-6-21(13-17(16)2)29-20-7-9-22(10-8-20)30-12-11-26-31-23-14-18(3)19(4)24(15-23)25(27)28/h5-10,13-15,26H,11-12H2,1-4H3,(H,27,28). The van der Waals surface area contributed by atoms with Crippen LogP contribution in [0.15, 0.2) is 64.4 Å². The number of benzene rings is 3. The van der Waals surface area contributed by atoms with Gasteiger partial charge in [-0.05, 0) is 110 Å². The summed E-state index contributed by atoms with van der Waals surface area (Å²) in [6.07, 6.45) is 0. The predicted molar refractivity (Wildman–Crippen MR) is 130 cm³/mol. The Labute approximate surface area is 192 Å². The number of carboxylic acid groups (broad SMARTS) is 1. The SMILES string of the molecule is Cc1ccc(Oc2ccc(SCCNSc3cc(C)c(C)c(C(=O)O)c3)cc2)cc1C. The van der Waals surface area contributed by atoms with Crippen molar-refractivity contribution in [2.45, 2.75) is 37.5 Å². The van der Waals surface area contributed by atoms with Gasteiger partial charge in [0, 0.05) is 22.1 Å². The molecule has 0 amide bonds. The highest BCUT2D eigenvalue weighted by Crippen LogP contribution is 2.27. The van der Waals surface area contributed by atoms with E-state index in [9.17, 15) is 9.90 Å². The van der Waals surface area contributed by atoms with Crippen LogP contribution in [0.4, 0.5) is 0 Å². The van der Waals surface area contributed by atoms with E-state index in [0.29, 0.717) is 5.56 Å². The van der Waals surface area contributed by atoms with Gasteiger partial charge in [0.1, 0.15) is 11.5 Å². The molecule has 2 N–H and O–H groups in total. The maximum Gasteiger partial charge on any atom is 0.336 e. The summed E-state index contributed by atoms with van der Waals surface area (Å²) in [5.74, 6) is 1.69. The second-order valence-corrected chi connectivity index (χ2v) is 9.51. The van der Waals surface area contributed by atoms with E-state index in [1.54, 1.807) is 17.8 Å². The highest BCUT2D eigenvalue weighted by molar-refractivity contribution is 7.99. The minimum absolute atomic E-state index is 0.363. The normalized spacial score (nSPS) is 10.8. The predicted octanol–water partition coefficient (Wildman–Crippen LogP) is 6.80. The lowest BCUT2D eigenvalue weighted by molar-refractivity contribution is 0.0695. The summed E-state index contributed by atoms with van der Waals surface area (Å²) in [4.78, 5) is 13.5. The summed E-state index contributed by atoms with van der Waals surface area (Å²) in [5.41, 5.74) is 4.64. The molecule has 0 atom stereocenters. The molecule has 0 aliphatic rings. The van der Waals surface area contributed by atoms with E-state index in [-0.39, 0.29) is 0 Å². The van der Waals surface area contributed by atoms with Crippen molar-refractivity contribution >= 4 is 29.7 Å². The number of hydrogen-bond donors (Lipinski definition) is 2. The molecule has 0 aliphatic carbocycles. The lowest BCUT2D eigenvalue weighted by Gasteiger charge is -2.10. The molecule has 0 saturated carbocycles. The third kappa shape index (κ3) is 6.53. The molecule has 3 aromatic carbocycles. The molecule has 0 aliphatic heterocycles. The van der Waals surface area contributed by atoms with Gasteiger partial charge in [-0.15, -0.1) is 11.8 Å². The molecule has 0 unspecified atom stereocenters. The van der Waals surface area contributed by atoms with E-state index in [0.717, 1.165) is 39.8 Å². The van der Waals surface area contributed by atoms with Crippen LogP contribution in [0.1, 0.15) is 32.6 Å². The number of aryl methyl sites for hydroxylation is 3. The Morgan fingerprint density at radius 2 is 1.58 bits per heavy atom. The maximum atomic E-state index is 11.4. The van der Waals surface area contributed by atoms with Gasteiger partial charge in [0.25, 0.3) is 0 Å². The number of ether oxygens (including phenoxy) is 1. The van der Waals surface area contributed by atoms with Crippen molar-refractivity contribution in [3.8, 4) is 11.5 Å². The van der Waals surface area contributed by atoms with Gasteiger partial charge in [0.05, 0.1) is 5.56 Å². The van der Waals surface area contributed by atoms with E-state index in [1.807, 2.05) is 38.1 Å². The summed E-state index contributed by atoms with van der Waals surface area (Å²) in [6.45, 7) is 8.75. The highest BCUT2D eigenvalue weighted by Gasteiger charge is 2.11. The molecule has 162 valence electrons. The molecule has 31 heavy (non-hydrogen) atoms. The largest absolute Gasteiger partial charge is 0.478 e. The van der Waals surface area contributed by atoms with Crippen molar-refractivity contribution in [1.82, 2.24) is 4.72 Å². The van der Waals surface area contributed by atoms with Gasteiger partial charge in [0.15, 0.2) is 0 Å². The van der Waals surface area contributed by atoms with Gasteiger partial charge < -0.3 is 9.84 Å². The summed E-state index contributed by atoms with van der Waals surface area (Å²) in [7, 11) is 0. The summed E-state index contributed by atoms with van der Waals surface area (Å²) in [6, 6.07) is 18.0. The number of carboxylic acids is 1. The van der Waals surface area contributed by atoms with Gasteiger partial charge >= 0.3 is 5.97 Å². The lowest BCUT2D eigenvalue weighted by Crippen LogP contribution is -2.08. The zero-order valence-electron chi connectivity index (χ0n) is 18.2. The number of aromatic carboxylic acids is 1. The van der Waals surface area contributed by atoms with E-state index < -0.39 is 5.97 Å². The van der Waals surface area contributed by atoms with Crippen LogP contribution in [0.5, 0.6) is 11.5 Å². The van der Waals surface area contributed by atoms with Crippen molar-refractivity contribution in [1.29, 1.82) is 0 Å². The molecular weight excluding hydrogens is 426 g/mol. The molecule has 6 heteroatoms. The molecule has 3 aromatic rings. The van der Waals surface area contributed by atoms with E-state index in [1.165, 1.54) is 28.0 Å². The molecule has 0 saturated heterocycles. The van der Waals surface area contributed by atoms with Crippen molar-refractivity contribution in [3.63, 3.8) is 0 Å². The zero-order chi connectivity index (χ0) is 22.4. The van der Waals surface area contributed by atoms with Crippen LogP contribution in [-0.2, 0) is 0 Å². The van der Waals surface area contributed by atoms with Crippen molar-refractivity contribution in [2.24, 2.45) is 0 Å². The Hall–Kier alpha value is -2.41. The van der Waals surface area contributed by atoms with E-state index in [2.05, 4.69) is 42.8 Å². The Morgan fingerprint density at radius 1 is 0.871 bits per heavy atom. The average Bonchev–Trinajstić information content (AvgIpc) is 2.74. The number of nitrogens with one attached hydrogen (secondary N) is 1. The minimum Gasteiger partial charge on any atom is -0.478 e. The topological polar surface area (TPSA) is 58.6 Å². The van der Waals surface area contributed by atoms with Crippen LogP contribution >= 0.6 is 23.7 Å².